The zero-order valence-electron chi connectivity index (χ0n) is 15.6. The molecule has 27 heavy (non-hydrogen) atoms. The van der Waals surface area contributed by atoms with Crippen LogP contribution in [-0.2, 0) is 11.8 Å². The Morgan fingerprint density at radius 2 is 1.93 bits per heavy atom. The topological polar surface area (TPSA) is 72.9 Å². The van der Waals surface area contributed by atoms with E-state index in [1.807, 2.05) is 42.1 Å². The molecule has 2 fully saturated rings. The molecular weight excluding hydrogens is 360 g/mol. The van der Waals surface area contributed by atoms with Gasteiger partial charge in [-0.3, -0.25) is 4.79 Å². The highest BCUT2D eigenvalue weighted by Crippen LogP contribution is 2.42. The average Bonchev–Trinajstić information content (AvgIpc) is 3.06. The van der Waals surface area contributed by atoms with E-state index in [0.29, 0.717) is 16.9 Å². The first-order valence-corrected chi connectivity index (χ1v) is 10.2. The van der Waals surface area contributed by atoms with Gasteiger partial charge in [-0.1, -0.05) is 30.2 Å². The SMILES string of the molecule is Cn1ccnc1C(NC(=O)C1CC2CCCC(C1)C2N)c1ccc(Cl)cc1. The molecule has 2 aliphatic carbocycles. The van der Waals surface area contributed by atoms with E-state index in [0.717, 1.165) is 37.1 Å². The van der Waals surface area contributed by atoms with Crippen LogP contribution in [0.2, 0.25) is 5.02 Å². The molecule has 6 heteroatoms. The largest absolute Gasteiger partial charge is 0.342 e. The molecule has 2 aromatic rings. The number of carbonyl (C=O) groups excluding carboxylic acids is 1. The summed E-state index contributed by atoms with van der Waals surface area (Å²) < 4.78 is 1.95. The van der Waals surface area contributed by atoms with Crippen LogP contribution in [0.25, 0.3) is 0 Å². The third kappa shape index (κ3) is 3.76. The summed E-state index contributed by atoms with van der Waals surface area (Å²) in [5, 5.41) is 3.94. The molecule has 0 radical (unpaired) electrons. The molecule has 1 aromatic carbocycles. The Hall–Kier alpha value is -1.85. The highest BCUT2D eigenvalue weighted by atomic mass is 35.5. The number of nitrogens with zero attached hydrogens (tertiary/aromatic N) is 2. The van der Waals surface area contributed by atoms with Crippen molar-refractivity contribution >= 4 is 17.5 Å². The quantitative estimate of drug-likeness (QED) is 0.845. The van der Waals surface area contributed by atoms with Crippen molar-refractivity contribution in [2.45, 2.75) is 44.2 Å². The van der Waals surface area contributed by atoms with Crippen LogP contribution in [0.5, 0.6) is 0 Å². The third-order valence-electron chi connectivity index (χ3n) is 6.39. The zero-order chi connectivity index (χ0) is 19.0. The molecule has 1 heterocycles. The van der Waals surface area contributed by atoms with Crippen LogP contribution in [0.4, 0.5) is 0 Å². The number of benzene rings is 1. The van der Waals surface area contributed by atoms with E-state index >= 15 is 0 Å². The number of aryl methyl sites for hydroxylation is 1. The van der Waals surface area contributed by atoms with E-state index in [1.165, 1.54) is 6.42 Å². The van der Waals surface area contributed by atoms with Gasteiger partial charge in [0.1, 0.15) is 11.9 Å². The monoisotopic (exact) mass is 386 g/mol. The molecule has 0 aliphatic heterocycles. The van der Waals surface area contributed by atoms with Crippen LogP contribution >= 0.6 is 11.6 Å². The van der Waals surface area contributed by atoms with Crippen molar-refractivity contribution in [3.05, 3.63) is 53.1 Å². The van der Waals surface area contributed by atoms with Crippen molar-refractivity contribution in [1.29, 1.82) is 0 Å². The Balaban J connectivity index is 1.55. The summed E-state index contributed by atoms with van der Waals surface area (Å²) in [6.07, 6.45) is 9.01. The first kappa shape index (κ1) is 18.5. The molecule has 5 nitrogen and oxygen atoms in total. The van der Waals surface area contributed by atoms with Gasteiger partial charge in [-0.25, -0.2) is 4.98 Å². The Morgan fingerprint density at radius 1 is 1.26 bits per heavy atom. The van der Waals surface area contributed by atoms with Gasteiger partial charge < -0.3 is 15.6 Å². The molecule has 0 saturated heterocycles. The first-order valence-electron chi connectivity index (χ1n) is 9.81. The van der Waals surface area contributed by atoms with Crippen LogP contribution < -0.4 is 11.1 Å². The molecular formula is C21H27ClN4O. The van der Waals surface area contributed by atoms with Crippen molar-refractivity contribution < 1.29 is 4.79 Å². The van der Waals surface area contributed by atoms with Gasteiger partial charge in [-0.15, -0.1) is 0 Å². The molecule has 2 aliphatic rings. The summed E-state index contributed by atoms with van der Waals surface area (Å²) in [6, 6.07) is 7.59. The van der Waals surface area contributed by atoms with E-state index in [1.54, 1.807) is 6.20 Å². The Kier molecular flexibility index (Phi) is 5.24. The van der Waals surface area contributed by atoms with Gasteiger partial charge in [0.2, 0.25) is 5.91 Å². The highest BCUT2D eigenvalue weighted by molar-refractivity contribution is 6.30. The maximum absolute atomic E-state index is 13.2. The predicted molar refractivity (Wildman–Crippen MR) is 106 cm³/mol. The number of nitrogens with two attached hydrogens (primary N) is 1. The van der Waals surface area contributed by atoms with Crippen LogP contribution in [-0.4, -0.2) is 21.5 Å². The normalized spacial score (nSPS) is 28.6. The van der Waals surface area contributed by atoms with E-state index in [2.05, 4.69) is 10.3 Å². The second-order valence-electron chi connectivity index (χ2n) is 8.09. The predicted octanol–water partition coefficient (Wildman–Crippen LogP) is 3.43. The summed E-state index contributed by atoms with van der Waals surface area (Å²) in [7, 11) is 1.95. The Morgan fingerprint density at radius 3 is 2.52 bits per heavy atom. The highest BCUT2D eigenvalue weighted by Gasteiger charge is 2.41. The fourth-order valence-corrected chi connectivity index (χ4v) is 5.00. The van der Waals surface area contributed by atoms with Gasteiger partial charge in [0, 0.05) is 36.4 Å². The minimum atomic E-state index is -0.287. The number of carbonyl (C=O) groups is 1. The molecule has 2 bridgehead atoms. The smallest absolute Gasteiger partial charge is 0.223 e. The van der Waals surface area contributed by atoms with Crippen molar-refractivity contribution in [2.24, 2.45) is 30.5 Å². The number of imidazole rings is 1. The molecule has 144 valence electrons. The second kappa shape index (κ2) is 7.64. The molecule has 3 unspecified atom stereocenters. The second-order valence-corrected chi connectivity index (χ2v) is 8.52. The number of nitrogens with one attached hydrogen (secondary N) is 1. The number of halogens is 1. The molecule has 4 rings (SSSR count). The van der Waals surface area contributed by atoms with E-state index in [-0.39, 0.29) is 23.9 Å². The number of hydrogen-bond acceptors (Lipinski definition) is 3. The lowest BCUT2D eigenvalue weighted by atomic mass is 9.65. The van der Waals surface area contributed by atoms with Gasteiger partial charge in [0.05, 0.1) is 0 Å². The van der Waals surface area contributed by atoms with Gasteiger partial charge in [-0.05, 0) is 55.2 Å². The Labute approximate surface area is 165 Å². The number of fused-ring (bicyclic) bond motifs is 2. The van der Waals surface area contributed by atoms with Crippen LogP contribution in [0.15, 0.2) is 36.7 Å². The van der Waals surface area contributed by atoms with Gasteiger partial charge in [0.15, 0.2) is 0 Å². The summed E-state index contributed by atoms with van der Waals surface area (Å²) in [4.78, 5) is 17.7. The minimum Gasteiger partial charge on any atom is -0.342 e. The van der Waals surface area contributed by atoms with E-state index < -0.39 is 0 Å². The van der Waals surface area contributed by atoms with Gasteiger partial charge in [0.25, 0.3) is 0 Å². The van der Waals surface area contributed by atoms with E-state index in [4.69, 9.17) is 17.3 Å². The standard InChI is InChI=1S/C21H27ClN4O/c1-26-10-9-24-20(26)19(13-5-7-17(22)8-6-13)25-21(27)16-11-14-3-2-4-15(12-16)18(14)23/h5-10,14-16,18-19H,2-4,11-12,23H2,1H3,(H,25,27). The third-order valence-corrected chi connectivity index (χ3v) is 6.64. The maximum Gasteiger partial charge on any atom is 0.223 e. The number of hydrogen-bond donors (Lipinski definition) is 2. The molecule has 3 atom stereocenters. The average molecular weight is 387 g/mol. The van der Waals surface area contributed by atoms with Crippen molar-refractivity contribution in [3.8, 4) is 0 Å². The van der Waals surface area contributed by atoms with Crippen LogP contribution in [0, 0.1) is 17.8 Å². The van der Waals surface area contributed by atoms with E-state index in [9.17, 15) is 4.79 Å². The Bertz CT molecular complexity index is 789. The van der Waals surface area contributed by atoms with Gasteiger partial charge in [-0.2, -0.15) is 0 Å². The van der Waals surface area contributed by atoms with Crippen LogP contribution in [0.3, 0.4) is 0 Å². The summed E-state index contributed by atoms with van der Waals surface area (Å²) in [5.41, 5.74) is 7.37. The molecule has 0 spiro atoms. The number of rotatable bonds is 4. The summed E-state index contributed by atoms with van der Waals surface area (Å²) in [6.45, 7) is 0. The fraction of sp³-hybridized carbons (Fsp3) is 0.524. The fourth-order valence-electron chi connectivity index (χ4n) is 4.87. The molecule has 1 aromatic heterocycles. The van der Waals surface area contributed by atoms with Crippen molar-refractivity contribution in [2.75, 3.05) is 0 Å². The number of aromatic nitrogens is 2. The molecule has 1 amide bonds. The minimum absolute atomic E-state index is 0.0372. The summed E-state index contributed by atoms with van der Waals surface area (Å²) in [5.74, 6) is 1.93. The maximum atomic E-state index is 13.2. The van der Waals surface area contributed by atoms with Crippen molar-refractivity contribution in [1.82, 2.24) is 14.9 Å². The first-order chi connectivity index (χ1) is 13.0. The lowest BCUT2D eigenvalue weighted by Crippen LogP contribution is -2.49. The number of amides is 1. The zero-order valence-corrected chi connectivity index (χ0v) is 16.4. The summed E-state index contributed by atoms with van der Waals surface area (Å²) >= 11 is 6.05. The molecule has 3 N–H and O–H groups in total. The molecule has 2 saturated carbocycles. The lowest BCUT2D eigenvalue weighted by Gasteiger charge is -2.43. The lowest BCUT2D eigenvalue weighted by molar-refractivity contribution is -0.128. The van der Waals surface area contributed by atoms with Crippen LogP contribution in [0.1, 0.15) is 49.5 Å². The van der Waals surface area contributed by atoms with Gasteiger partial charge >= 0.3 is 0 Å². The van der Waals surface area contributed by atoms with Crippen molar-refractivity contribution in [3.63, 3.8) is 0 Å².